The molecule has 0 N–H and O–H groups in total. The van der Waals surface area contributed by atoms with Crippen molar-refractivity contribution in [3.05, 3.63) is 23.2 Å². The Hall–Kier alpha value is -0.790. The highest BCUT2D eigenvalue weighted by atomic mass is 19.1. The van der Waals surface area contributed by atoms with E-state index in [2.05, 4.69) is 0 Å². The van der Waals surface area contributed by atoms with Gasteiger partial charge in [-0.2, -0.15) is 0 Å². The van der Waals surface area contributed by atoms with Gasteiger partial charge in [-0.1, -0.05) is 6.92 Å². The van der Waals surface area contributed by atoms with Crippen molar-refractivity contribution in [2.24, 2.45) is 0 Å². The fourth-order valence-electron chi connectivity index (χ4n) is 0.745. The zero-order valence-electron chi connectivity index (χ0n) is 7.57. The average Bonchev–Trinajstić information content (AvgIpc) is 1.98. The highest BCUT2D eigenvalue weighted by Gasteiger charge is 2.01. The maximum absolute atomic E-state index is 12.6. The lowest BCUT2D eigenvalue weighted by Gasteiger charge is -2.05. The van der Waals surface area contributed by atoms with Gasteiger partial charge in [0.15, 0.2) is 0 Å². The minimum Gasteiger partial charge on any atom is -0.497 e. The van der Waals surface area contributed by atoms with Crippen molar-refractivity contribution >= 4 is 0 Å². The van der Waals surface area contributed by atoms with Gasteiger partial charge in [0.1, 0.15) is 11.6 Å². The second-order valence-electron chi connectivity index (χ2n) is 2.34. The third kappa shape index (κ3) is 3.21. The highest BCUT2D eigenvalue weighted by molar-refractivity contribution is 5.25. The molecule has 0 atom stereocenters. The third-order valence-corrected chi connectivity index (χ3v) is 1.50. The Morgan fingerprint density at radius 3 is 2.27 bits per heavy atom. The van der Waals surface area contributed by atoms with Crippen LogP contribution in [0, 0.1) is 0 Å². The second kappa shape index (κ2) is 4.94. The first kappa shape index (κ1) is 10.2. The van der Waals surface area contributed by atoms with Crippen molar-refractivity contribution in [1.29, 1.82) is 0 Å². The van der Waals surface area contributed by atoms with Gasteiger partial charge in [0.05, 0.1) is 7.11 Å². The molecule has 0 amide bonds. The van der Waals surface area contributed by atoms with E-state index in [0.29, 0.717) is 11.3 Å². The number of rotatable bonds is 3. The molecule has 11 heavy (non-hydrogen) atoms. The van der Waals surface area contributed by atoms with Crippen molar-refractivity contribution in [3.63, 3.8) is 0 Å². The molecule has 0 saturated heterocycles. The van der Waals surface area contributed by atoms with E-state index >= 15 is 0 Å². The van der Waals surface area contributed by atoms with E-state index in [1.807, 2.05) is 13.0 Å². The molecule has 64 valence electrons. The van der Waals surface area contributed by atoms with Crippen molar-refractivity contribution < 1.29 is 9.13 Å². The van der Waals surface area contributed by atoms with E-state index in [1.165, 1.54) is 6.92 Å². The molecule has 0 fully saturated rings. The van der Waals surface area contributed by atoms with Crippen LogP contribution >= 0.6 is 0 Å². The molecule has 2 heteroatoms. The van der Waals surface area contributed by atoms with Crippen LogP contribution in [-0.2, 0) is 4.74 Å². The zero-order chi connectivity index (χ0) is 8.85. The molecule has 0 saturated carbocycles. The van der Waals surface area contributed by atoms with Crippen molar-refractivity contribution in [3.8, 4) is 0 Å². The Bertz CT molecular complexity index is 176. The topological polar surface area (TPSA) is 9.23 Å². The van der Waals surface area contributed by atoms with Crippen LogP contribution in [-0.4, -0.2) is 7.11 Å². The van der Waals surface area contributed by atoms with Crippen LogP contribution < -0.4 is 0 Å². The Kier molecular flexibility index (Phi) is 4.59. The summed E-state index contributed by atoms with van der Waals surface area (Å²) < 4.78 is 17.6. The van der Waals surface area contributed by atoms with E-state index in [0.717, 1.165) is 6.42 Å². The van der Waals surface area contributed by atoms with Crippen LogP contribution in [0.1, 0.15) is 27.2 Å². The molecule has 0 aromatic heterocycles. The van der Waals surface area contributed by atoms with Crippen LogP contribution in [0.15, 0.2) is 23.2 Å². The van der Waals surface area contributed by atoms with Gasteiger partial charge >= 0.3 is 0 Å². The minimum atomic E-state index is -0.188. The highest BCUT2D eigenvalue weighted by Crippen LogP contribution is 2.15. The lowest BCUT2D eigenvalue weighted by atomic mass is 10.2. The molecule has 0 aliphatic carbocycles. The molecule has 0 aliphatic rings. The summed E-state index contributed by atoms with van der Waals surface area (Å²) in [4.78, 5) is 0. The molecule has 0 rings (SSSR count). The lowest BCUT2D eigenvalue weighted by Crippen LogP contribution is -1.90. The predicted molar refractivity (Wildman–Crippen MR) is 44.9 cm³/mol. The van der Waals surface area contributed by atoms with Crippen LogP contribution in [0.2, 0.25) is 0 Å². The molecule has 1 nitrogen and oxygen atoms in total. The molecule has 0 bridgehead atoms. The van der Waals surface area contributed by atoms with E-state index in [-0.39, 0.29) is 5.83 Å². The smallest absolute Gasteiger partial charge is 0.120 e. The number of hydrogen-bond acceptors (Lipinski definition) is 1. The minimum absolute atomic E-state index is 0.188. The Morgan fingerprint density at radius 1 is 1.45 bits per heavy atom. The maximum atomic E-state index is 12.6. The van der Waals surface area contributed by atoms with Crippen LogP contribution in [0.4, 0.5) is 4.39 Å². The van der Waals surface area contributed by atoms with Gasteiger partial charge in [-0.15, -0.1) is 0 Å². The van der Waals surface area contributed by atoms with E-state index in [4.69, 9.17) is 4.74 Å². The summed E-state index contributed by atoms with van der Waals surface area (Å²) in [6.45, 7) is 5.12. The number of hydrogen-bond donors (Lipinski definition) is 0. The normalized spacial score (nSPS) is 14.5. The van der Waals surface area contributed by atoms with Gasteiger partial charge in [-0.25, -0.2) is 4.39 Å². The van der Waals surface area contributed by atoms with Crippen LogP contribution in [0.25, 0.3) is 0 Å². The van der Waals surface area contributed by atoms with Gasteiger partial charge in [0.25, 0.3) is 0 Å². The molecule has 0 aliphatic heterocycles. The molecule has 0 heterocycles. The average molecular weight is 158 g/mol. The number of allylic oxidation sites excluding steroid dienone is 3. The molecule has 0 aromatic rings. The number of methoxy groups -OCH3 is 1. The predicted octanol–water partition coefficient (Wildman–Crippen LogP) is 3.19. The molecular formula is C9H15FO. The van der Waals surface area contributed by atoms with Crippen LogP contribution in [0.3, 0.4) is 0 Å². The summed E-state index contributed by atoms with van der Waals surface area (Å²) in [7, 11) is 1.55. The molecule has 0 radical (unpaired) electrons. The van der Waals surface area contributed by atoms with Gasteiger partial charge in [-0.3, -0.25) is 0 Å². The summed E-state index contributed by atoms with van der Waals surface area (Å²) in [6.07, 6.45) is 2.71. The summed E-state index contributed by atoms with van der Waals surface area (Å²) >= 11 is 0. The maximum Gasteiger partial charge on any atom is 0.120 e. The Labute approximate surface area is 67.6 Å². The molecular weight excluding hydrogens is 143 g/mol. The second-order valence-corrected chi connectivity index (χ2v) is 2.34. The molecule has 0 spiro atoms. The van der Waals surface area contributed by atoms with Crippen LogP contribution in [0.5, 0.6) is 0 Å². The fraction of sp³-hybridized carbons (Fsp3) is 0.556. The largest absolute Gasteiger partial charge is 0.497 e. The van der Waals surface area contributed by atoms with Gasteiger partial charge < -0.3 is 4.74 Å². The SMILES string of the molecule is CC/C=C(OC)\C(C)=C(/C)F. The Balaban J connectivity index is 4.52. The van der Waals surface area contributed by atoms with E-state index in [9.17, 15) is 4.39 Å². The first-order chi connectivity index (χ1) is 5.13. The van der Waals surface area contributed by atoms with Crippen molar-refractivity contribution in [2.75, 3.05) is 7.11 Å². The van der Waals surface area contributed by atoms with Crippen molar-refractivity contribution in [1.82, 2.24) is 0 Å². The van der Waals surface area contributed by atoms with Gasteiger partial charge in [0.2, 0.25) is 0 Å². The third-order valence-electron chi connectivity index (χ3n) is 1.50. The lowest BCUT2D eigenvalue weighted by molar-refractivity contribution is 0.296. The van der Waals surface area contributed by atoms with Gasteiger partial charge in [0, 0.05) is 5.57 Å². The number of ether oxygens (including phenoxy) is 1. The first-order valence-corrected chi connectivity index (χ1v) is 3.71. The number of halogens is 1. The summed E-state index contributed by atoms with van der Waals surface area (Å²) in [5, 5.41) is 0. The summed E-state index contributed by atoms with van der Waals surface area (Å²) in [5.74, 6) is 0.444. The van der Waals surface area contributed by atoms with Crippen molar-refractivity contribution in [2.45, 2.75) is 27.2 Å². The molecule has 0 unspecified atom stereocenters. The molecule has 0 aromatic carbocycles. The van der Waals surface area contributed by atoms with E-state index < -0.39 is 0 Å². The summed E-state index contributed by atoms with van der Waals surface area (Å²) in [6, 6.07) is 0. The Morgan fingerprint density at radius 2 is 2.00 bits per heavy atom. The standard InChI is InChI=1S/C9H15FO/c1-5-6-9(11-4)7(2)8(3)10/h6H,5H2,1-4H3/b8-7+,9-6+. The van der Waals surface area contributed by atoms with E-state index in [1.54, 1.807) is 14.0 Å². The zero-order valence-corrected chi connectivity index (χ0v) is 7.57. The fourth-order valence-corrected chi connectivity index (χ4v) is 0.745. The monoisotopic (exact) mass is 158 g/mol. The quantitative estimate of drug-likeness (QED) is 0.452. The summed E-state index contributed by atoms with van der Waals surface area (Å²) in [5.41, 5.74) is 0.578. The van der Waals surface area contributed by atoms with Gasteiger partial charge in [-0.05, 0) is 26.3 Å². The first-order valence-electron chi connectivity index (χ1n) is 3.71.